The Morgan fingerprint density at radius 2 is 1.64 bits per heavy atom. The van der Waals surface area contributed by atoms with Gasteiger partial charge in [0.1, 0.15) is 24.0 Å². The molecule has 14 nitrogen and oxygen atoms in total. The maximum atomic E-state index is 14.4. The molecule has 0 amide bonds. The van der Waals surface area contributed by atoms with E-state index in [4.69, 9.17) is 14.6 Å². The van der Waals surface area contributed by atoms with Crippen LogP contribution in [0, 0.1) is 70.5 Å². The minimum absolute atomic E-state index is 0.0160. The zero-order valence-corrected chi connectivity index (χ0v) is 33.2. The lowest BCUT2D eigenvalue weighted by molar-refractivity contribution is -0.393. The zero-order valence-electron chi connectivity index (χ0n) is 33.2. The third kappa shape index (κ3) is 6.03. The molecule has 55 heavy (non-hydrogen) atoms. The molecule has 0 spiro atoms. The van der Waals surface area contributed by atoms with Gasteiger partial charge < -0.3 is 24.8 Å². The quantitative estimate of drug-likeness (QED) is 0.0998. The number of anilines is 1. The number of aliphatic hydroxyl groups is 3. The molecule has 0 unspecified atom stereocenters. The predicted octanol–water partition coefficient (Wildman–Crippen LogP) is 7.05. The molecule has 1 aromatic carbocycles. The van der Waals surface area contributed by atoms with Gasteiger partial charge >= 0.3 is 11.7 Å². The summed E-state index contributed by atoms with van der Waals surface area (Å²) in [7, 11) is 0. The zero-order chi connectivity index (χ0) is 40.1. The summed E-state index contributed by atoms with van der Waals surface area (Å²) >= 11 is 0. The van der Waals surface area contributed by atoms with Gasteiger partial charge in [-0.1, -0.05) is 60.1 Å². The number of fused-ring (bicyclic) bond motifs is 7. The lowest BCUT2D eigenvalue weighted by atomic mass is 9.33. The molecule has 1 heterocycles. The van der Waals surface area contributed by atoms with Gasteiger partial charge in [-0.3, -0.25) is 30.4 Å². The first-order chi connectivity index (χ1) is 25.6. The van der Waals surface area contributed by atoms with E-state index in [0.29, 0.717) is 31.1 Å². The monoisotopic (exact) mass is 766 g/mol. The number of aliphatic hydroxyl groups excluding tert-OH is 3. The number of ether oxygens (including phenoxy) is 2. The maximum Gasteiger partial charge on any atom is 0.315 e. The van der Waals surface area contributed by atoms with Crippen LogP contribution in [0.3, 0.4) is 0 Å². The first kappa shape index (κ1) is 39.8. The Hall–Kier alpha value is -3.46. The molecule has 0 aromatic heterocycles. The van der Waals surface area contributed by atoms with Gasteiger partial charge in [-0.2, -0.15) is 5.10 Å². The van der Waals surface area contributed by atoms with E-state index in [1.165, 1.54) is 17.7 Å². The largest absolute Gasteiger partial charge is 0.432 e. The summed E-state index contributed by atoms with van der Waals surface area (Å²) in [6.45, 7) is 16.1. The number of carbonyl (C=O) groups excluding carboxylic acids is 1. The van der Waals surface area contributed by atoms with Crippen molar-refractivity contribution < 1.29 is 39.4 Å². The average Bonchev–Trinajstić information content (AvgIpc) is 3.11. The van der Waals surface area contributed by atoms with Crippen molar-refractivity contribution in [1.82, 2.24) is 0 Å². The van der Waals surface area contributed by atoms with Crippen molar-refractivity contribution in [2.24, 2.45) is 55.3 Å². The lowest BCUT2D eigenvalue weighted by Crippen LogP contribution is -2.65. The number of carbonyl (C=O) groups is 1. The van der Waals surface area contributed by atoms with Crippen LogP contribution in [0.1, 0.15) is 113 Å². The summed E-state index contributed by atoms with van der Waals surface area (Å²) in [5.74, 6) is 0.227. The maximum absolute atomic E-state index is 14.4. The van der Waals surface area contributed by atoms with Crippen molar-refractivity contribution in [2.45, 2.75) is 137 Å². The minimum Gasteiger partial charge on any atom is -0.432 e. The van der Waals surface area contributed by atoms with Crippen molar-refractivity contribution in [3.63, 3.8) is 0 Å². The van der Waals surface area contributed by atoms with Crippen LogP contribution in [0.25, 0.3) is 0 Å². The summed E-state index contributed by atoms with van der Waals surface area (Å²) in [5.41, 5.74) is 3.24. The van der Waals surface area contributed by atoms with Crippen LogP contribution in [0.4, 0.5) is 17.1 Å². The van der Waals surface area contributed by atoms with Crippen LogP contribution < -0.4 is 5.43 Å². The fourth-order valence-electron chi connectivity index (χ4n) is 12.7. The molecule has 11 atom stereocenters. The predicted molar refractivity (Wildman–Crippen MR) is 204 cm³/mol. The normalized spacial score (nSPS) is 42.4. The molecule has 1 aliphatic heterocycles. The fraction of sp³-hybridized carbons (Fsp3) is 0.756. The van der Waals surface area contributed by atoms with E-state index in [9.17, 15) is 40.3 Å². The Balaban J connectivity index is 1.17. The molecule has 0 radical (unpaired) electrons. The number of non-ortho nitro benzene ring substituents is 1. The van der Waals surface area contributed by atoms with E-state index in [-0.39, 0.29) is 56.9 Å². The average molecular weight is 767 g/mol. The first-order valence-electron chi connectivity index (χ1n) is 19.9. The summed E-state index contributed by atoms with van der Waals surface area (Å²) in [5, 5.41) is 58.8. The van der Waals surface area contributed by atoms with Gasteiger partial charge in [0.15, 0.2) is 0 Å². The third-order valence-electron chi connectivity index (χ3n) is 16.2. The highest BCUT2D eigenvalue weighted by molar-refractivity contribution is 5.91. The number of nitro groups is 2. The highest BCUT2D eigenvalue weighted by Crippen LogP contribution is 2.75. The molecule has 6 aliphatic rings. The number of hydrogen-bond acceptors (Lipinski definition) is 12. The molecule has 1 saturated heterocycles. The lowest BCUT2D eigenvalue weighted by Gasteiger charge is -2.70. The Bertz CT molecular complexity index is 1830. The number of esters is 1. The first-order valence-corrected chi connectivity index (χ1v) is 19.9. The van der Waals surface area contributed by atoms with Crippen molar-refractivity contribution in [1.29, 1.82) is 0 Å². The van der Waals surface area contributed by atoms with Crippen LogP contribution in [0.15, 0.2) is 34.9 Å². The van der Waals surface area contributed by atoms with Gasteiger partial charge in [-0.15, -0.1) is 0 Å². The number of nitro benzene ring substituents is 2. The van der Waals surface area contributed by atoms with Gasteiger partial charge in [0.05, 0.1) is 27.9 Å². The molecule has 1 aromatic rings. The van der Waals surface area contributed by atoms with Crippen molar-refractivity contribution in [3.8, 4) is 0 Å². The van der Waals surface area contributed by atoms with E-state index in [1.807, 2.05) is 0 Å². The highest BCUT2D eigenvalue weighted by atomic mass is 16.7. The molecule has 5 fully saturated rings. The van der Waals surface area contributed by atoms with Crippen LogP contribution in [0.2, 0.25) is 0 Å². The Kier molecular flexibility index (Phi) is 9.62. The number of hydrogen-bond donors (Lipinski definition) is 4. The standard InChI is InChI=1S/C41H58N4O10/c1-36(2)16-18-41(35(49)55-34-33(48)32(47)28(46)22-54-34)19-17-39(6)24(25(41)21-36)9-11-30-38(5)14-13-31(37(3,4)29(38)12-15-40(30,39)7)43-42-26-10-8-23(44(50)51)20-27(26)45(52)53/h8-10,20,25,28-30,32-34,42,46-48H,11-19,21-22H2,1-7H3/b43-31+/t25-,28+,29-,30+,32-,33+,34-,38-,39+,40+,41-/m0/s1. The van der Waals surface area contributed by atoms with Crippen molar-refractivity contribution >= 4 is 28.7 Å². The van der Waals surface area contributed by atoms with Gasteiger partial charge in [0.2, 0.25) is 6.29 Å². The highest BCUT2D eigenvalue weighted by Gasteiger charge is 2.69. The molecular weight excluding hydrogens is 708 g/mol. The minimum atomic E-state index is -1.54. The van der Waals surface area contributed by atoms with Gasteiger partial charge in [-0.25, -0.2) is 0 Å². The number of nitrogens with zero attached hydrogens (tertiary/aromatic N) is 3. The molecular formula is C41H58N4O10. The van der Waals surface area contributed by atoms with Crippen molar-refractivity contribution in [2.75, 3.05) is 12.0 Å². The van der Waals surface area contributed by atoms with Crippen molar-refractivity contribution in [3.05, 3.63) is 50.1 Å². The Morgan fingerprint density at radius 1 is 0.927 bits per heavy atom. The van der Waals surface area contributed by atoms with Crippen LogP contribution in [0.5, 0.6) is 0 Å². The molecule has 5 aliphatic carbocycles. The van der Waals surface area contributed by atoms with Gasteiger partial charge in [0, 0.05) is 17.2 Å². The number of rotatable bonds is 6. The summed E-state index contributed by atoms with van der Waals surface area (Å²) < 4.78 is 11.5. The molecule has 4 saturated carbocycles. The Labute approximate surface area is 322 Å². The fourth-order valence-corrected chi connectivity index (χ4v) is 12.7. The topological polar surface area (TPSA) is 207 Å². The smallest absolute Gasteiger partial charge is 0.315 e. The SMILES string of the molecule is CC1(C)CC[C@]2(C(=O)O[C@@H]3OC[C@@H](O)[C@H](O)[C@H]3O)CC[C@]3(C)C(=CC[C@@H]4[C@@]5(C)CC/C(=N\Nc6ccc([N+](=O)[O-])cc6[N+](=O)[O-])C(C)(C)[C@@H]5CC[C@]43C)[C@@H]2C1. The molecule has 0 bridgehead atoms. The van der Waals surface area contributed by atoms with Crippen LogP contribution in [-0.2, 0) is 14.3 Å². The molecule has 7 rings (SSSR count). The number of benzene rings is 1. The third-order valence-corrected chi connectivity index (χ3v) is 16.2. The second kappa shape index (κ2) is 13.3. The van der Waals surface area contributed by atoms with Crippen LogP contribution in [-0.4, -0.2) is 68.1 Å². The van der Waals surface area contributed by atoms with E-state index in [0.717, 1.165) is 56.7 Å². The molecule has 4 N–H and O–H groups in total. The second-order valence-electron chi connectivity index (χ2n) is 19.6. The van der Waals surface area contributed by atoms with Gasteiger partial charge in [-0.05, 0) is 110 Å². The van der Waals surface area contributed by atoms with Crippen LogP contribution >= 0.6 is 0 Å². The van der Waals surface area contributed by atoms with E-state index >= 15 is 0 Å². The van der Waals surface area contributed by atoms with E-state index in [1.54, 1.807) is 0 Å². The summed E-state index contributed by atoms with van der Waals surface area (Å²) in [6, 6.07) is 3.54. The molecule has 302 valence electrons. The van der Waals surface area contributed by atoms with E-state index in [2.05, 4.69) is 60.0 Å². The summed E-state index contributed by atoms with van der Waals surface area (Å²) in [4.78, 5) is 36.2. The van der Waals surface area contributed by atoms with Gasteiger partial charge in [0.25, 0.3) is 5.69 Å². The summed E-state index contributed by atoms with van der Waals surface area (Å²) in [6.07, 6.45) is 5.18. The second-order valence-corrected chi connectivity index (χ2v) is 19.6. The number of nitrogens with one attached hydrogen (secondary N) is 1. The number of allylic oxidation sites excluding steroid dienone is 2. The Morgan fingerprint density at radius 3 is 2.33 bits per heavy atom. The number of hydrazone groups is 1. The van der Waals surface area contributed by atoms with E-state index < -0.39 is 45.6 Å². The molecule has 14 heteroatoms.